The van der Waals surface area contributed by atoms with Gasteiger partial charge in [-0.05, 0) is 42.2 Å². The van der Waals surface area contributed by atoms with Gasteiger partial charge in [-0.3, -0.25) is 25.3 Å². The molecule has 25 heavy (non-hydrogen) atoms. The Kier molecular flexibility index (Phi) is 6.11. The maximum absolute atomic E-state index is 12.0. The number of nitro benzene ring substituents is 1. The molecule has 0 fully saturated rings. The number of pyridine rings is 1. The van der Waals surface area contributed by atoms with Gasteiger partial charge in [-0.2, -0.15) is 0 Å². The predicted octanol–water partition coefficient (Wildman–Crippen LogP) is 2.77. The first-order valence-corrected chi connectivity index (χ1v) is 7.66. The summed E-state index contributed by atoms with van der Waals surface area (Å²) in [4.78, 5) is 26.3. The Balaban J connectivity index is 1.94. The minimum atomic E-state index is -0.492. The topological polar surface area (TPSA) is 109 Å². The van der Waals surface area contributed by atoms with Crippen LogP contribution in [0.5, 0.6) is 0 Å². The van der Waals surface area contributed by atoms with Crippen molar-refractivity contribution in [3.8, 4) is 0 Å². The highest BCUT2D eigenvalue weighted by Gasteiger charge is 2.10. The number of rotatable bonds is 7. The van der Waals surface area contributed by atoms with Crippen molar-refractivity contribution < 1.29 is 9.72 Å². The Morgan fingerprint density at radius 1 is 1.36 bits per heavy atom. The maximum atomic E-state index is 12.0. The number of carbonyl (C=O) groups is 1. The fraction of sp³-hybridized carbons (Fsp3) is 0.167. The summed E-state index contributed by atoms with van der Waals surface area (Å²) in [7, 11) is 0. The number of nitro groups is 1. The summed E-state index contributed by atoms with van der Waals surface area (Å²) >= 11 is 0. The van der Waals surface area contributed by atoms with Crippen LogP contribution in [0.2, 0.25) is 0 Å². The zero-order valence-electron chi connectivity index (χ0n) is 13.7. The summed E-state index contributed by atoms with van der Waals surface area (Å²) in [5, 5.41) is 21.4. The maximum Gasteiger partial charge on any atom is 0.270 e. The number of aromatic nitrogens is 1. The van der Waals surface area contributed by atoms with Crippen LogP contribution in [0.1, 0.15) is 18.1 Å². The normalized spacial score (nSPS) is 11.0. The van der Waals surface area contributed by atoms with Gasteiger partial charge in [-0.1, -0.05) is 18.2 Å². The Hall–Kier alpha value is -3.35. The van der Waals surface area contributed by atoms with E-state index in [1.807, 2.05) is 12.1 Å². The second kappa shape index (κ2) is 8.49. The molecule has 2 N–H and O–H groups in total. The summed E-state index contributed by atoms with van der Waals surface area (Å²) < 4.78 is 0. The molecule has 0 unspecified atom stereocenters. The molecule has 0 atom stereocenters. The molecule has 1 aromatic heterocycles. The number of nitrogens with zero attached hydrogens (tertiary/aromatic N) is 2. The van der Waals surface area contributed by atoms with E-state index in [9.17, 15) is 14.9 Å². The van der Waals surface area contributed by atoms with E-state index in [-0.39, 0.29) is 11.4 Å². The van der Waals surface area contributed by atoms with Gasteiger partial charge in [0, 0.05) is 31.1 Å². The van der Waals surface area contributed by atoms with E-state index in [0.29, 0.717) is 24.1 Å². The van der Waals surface area contributed by atoms with Crippen LogP contribution in [-0.2, 0) is 11.2 Å². The highest BCUT2D eigenvalue weighted by molar-refractivity contribution is 6.43. The minimum Gasteiger partial charge on any atom is -0.350 e. The Bertz CT molecular complexity index is 816. The molecule has 2 aromatic rings. The third kappa shape index (κ3) is 5.35. The van der Waals surface area contributed by atoms with E-state index >= 15 is 0 Å². The first-order valence-electron chi connectivity index (χ1n) is 7.66. The van der Waals surface area contributed by atoms with Crippen molar-refractivity contribution in [1.29, 1.82) is 5.41 Å². The number of non-ortho nitro benzene ring substituents is 1. The molecule has 0 aliphatic heterocycles. The molecule has 0 spiro atoms. The van der Waals surface area contributed by atoms with Gasteiger partial charge in [0.25, 0.3) is 11.6 Å². The molecule has 0 saturated heterocycles. The van der Waals surface area contributed by atoms with Crippen LogP contribution in [0.25, 0.3) is 5.57 Å². The molecule has 1 amide bonds. The van der Waals surface area contributed by atoms with Crippen LogP contribution in [-0.4, -0.2) is 28.1 Å². The van der Waals surface area contributed by atoms with Crippen molar-refractivity contribution in [2.24, 2.45) is 0 Å². The van der Waals surface area contributed by atoms with E-state index < -0.39 is 10.8 Å². The van der Waals surface area contributed by atoms with Crippen LogP contribution in [0.15, 0.2) is 54.9 Å². The average Bonchev–Trinajstić information content (AvgIpc) is 2.62. The van der Waals surface area contributed by atoms with E-state index in [1.54, 1.807) is 31.5 Å². The van der Waals surface area contributed by atoms with Crippen LogP contribution in [0, 0.1) is 15.5 Å². The SMILES string of the molecule is C/C(=C\C(=N)C(=O)NCCc1cccnc1)c1cccc([N+](=O)[O-])c1. The van der Waals surface area contributed by atoms with E-state index in [0.717, 1.165) is 5.56 Å². The molecular weight excluding hydrogens is 320 g/mol. The number of hydrogen-bond acceptors (Lipinski definition) is 5. The van der Waals surface area contributed by atoms with Crippen molar-refractivity contribution >= 4 is 22.9 Å². The molecular formula is C18H18N4O3. The number of hydrogen-bond donors (Lipinski definition) is 2. The van der Waals surface area contributed by atoms with Gasteiger partial charge in [0.1, 0.15) is 5.71 Å². The van der Waals surface area contributed by atoms with E-state index in [2.05, 4.69) is 10.3 Å². The Morgan fingerprint density at radius 2 is 2.16 bits per heavy atom. The van der Waals surface area contributed by atoms with Gasteiger partial charge >= 0.3 is 0 Å². The highest BCUT2D eigenvalue weighted by Crippen LogP contribution is 2.19. The molecule has 1 heterocycles. The van der Waals surface area contributed by atoms with Crippen LogP contribution >= 0.6 is 0 Å². The number of carbonyl (C=O) groups excluding carboxylic acids is 1. The van der Waals surface area contributed by atoms with Crippen molar-refractivity contribution in [3.05, 3.63) is 76.1 Å². The summed E-state index contributed by atoms with van der Waals surface area (Å²) in [5.41, 5.74) is 1.98. The van der Waals surface area contributed by atoms with E-state index in [4.69, 9.17) is 5.41 Å². The fourth-order valence-corrected chi connectivity index (χ4v) is 2.19. The number of amides is 1. The summed E-state index contributed by atoms with van der Waals surface area (Å²) in [5.74, 6) is -0.492. The molecule has 2 rings (SSSR count). The first-order chi connectivity index (χ1) is 12.0. The largest absolute Gasteiger partial charge is 0.350 e. The van der Waals surface area contributed by atoms with Crippen LogP contribution in [0.4, 0.5) is 5.69 Å². The Labute approximate surface area is 145 Å². The second-order valence-electron chi connectivity index (χ2n) is 5.42. The number of benzene rings is 1. The smallest absolute Gasteiger partial charge is 0.270 e. The lowest BCUT2D eigenvalue weighted by atomic mass is 10.0. The monoisotopic (exact) mass is 338 g/mol. The van der Waals surface area contributed by atoms with Crippen molar-refractivity contribution in [1.82, 2.24) is 10.3 Å². The zero-order chi connectivity index (χ0) is 18.2. The first kappa shape index (κ1) is 18.0. The molecule has 7 heteroatoms. The van der Waals surface area contributed by atoms with Gasteiger partial charge in [0.2, 0.25) is 0 Å². The fourth-order valence-electron chi connectivity index (χ4n) is 2.19. The second-order valence-corrected chi connectivity index (χ2v) is 5.42. The summed E-state index contributed by atoms with van der Waals surface area (Å²) in [6, 6.07) is 9.82. The van der Waals surface area contributed by atoms with Crippen LogP contribution < -0.4 is 5.32 Å². The lowest BCUT2D eigenvalue weighted by Gasteiger charge is -2.06. The molecule has 128 valence electrons. The molecule has 0 aliphatic rings. The summed E-state index contributed by atoms with van der Waals surface area (Å²) in [6.07, 6.45) is 5.43. The van der Waals surface area contributed by atoms with Gasteiger partial charge in [-0.25, -0.2) is 0 Å². The molecule has 7 nitrogen and oxygen atoms in total. The lowest BCUT2D eigenvalue weighted by molar-refractivity contribution is -0.384. The minimum absolute atomic E-state index is 0.0299. The molecule has 0 saturated carbocycles. The highest BCUT2D eigenvalue weighted by atomic mass is 16.6. The zero-order valence-corrected chi connectivity index (χ0v) is 13.7. The average molecular weight is 338 g/mol. The third-order valence-electron chi connectivity index (χ3n) is 3.54. The Morgan fingerprint density at radius 3 is 2.84 bits per heavy atom. The standard InChI is InChI=1S/C18H18N4O3/c1-13(15-5-2-6-16(11-15)22(24)25)10-17(19)18(23)21-9-7-14-4-3-8-20-12-14/h2-6,8,10-12,19H,7,9H2,1H3,(H,21,23)/b13-10+,19-17?. The summed E-state index contributed by atoms with van der Waals surface area (Å²) in [6.45, 7) is 2.10. The van der Waals surface area contributed by atoms with Gasteiger partial charge in [0.05, 0.1) is 4.92 Å². The van der Waals surface area contributed by atoms with Crippen LogP contribution in [0.3, 0.4) is 0 Å². The van der Waals surface area contributed by atoms with Gasteiger partial charge < -0.3 is 5.32 Å². The molecule has 0 radical (unpaired) electrons. The molecule has 0 aliphatic carbocycles. The molecule has 0 bridgehead atoms. The van der Waals surface area contributed by atoms with E-state index in [1.165, 1.54) is 18.2 Å². The molecule has 1 aromatic carbocycles. The third-order valence-corrected chi connectivity index (χ3v) is 3.54. The van der Waals surface area contributed by atoms with Crippen molar-refractivity contribution in [3.63, 3.8) is 0 Å². The van der Waals surface area contributed by atoms with Gasteiger partial charge in [0.15, 0.2) is 0 Å². The lowest BCUT2D eigenvalue weighted by Crippen LogP contribution is -2.31. The number of allylic oxidation sites excluding steroid dienone is 1. The van der Waals surface area contributed by atoms with Crippen molar-refractivity contribution in [2.75, 3.05) is 6.54 Å². The number of nitrogens with one attached hydrogen (secondary N) is 2. The van der Waals surface area contributed by atoms with Gasteiger partial charge in [-0.15, -0.1) is 0 Å². The quantitative estimate of drug-likeness (QED) is 0.459. The predicted molar refractivity (Wildman–Crippen MR) is 95.4 cm³/mol. The van der Waals surface area contributed by atoms with Crippen molar-refractivity contribution in [2.45, 2.75) is 13.3 Å².